The standard InChI is InChI=1S/C16H34O5Si/c1-5-8-12-22(19-6-2,20-7-3)21-15(4)10-9-11-17-13-16-14-18-16/h15-16H,5-14H2,1-4H3. The average Bonchev–Trinajstić information content (AvgIpc) is 3.29. The molecular weight excluding hydrogens is 300 g/mol. The molecule has 1 rings (SSSR count). The molecule has 2 atom stereocenters. The van der Waals surface area contributed by atoms with Crippen LogP contribution in [0.2, 0.25) is 6.04 Å². The van der Waals surface area contributed by atoms with Gasteiger partial charge >= 0.3 is 8.80 Å². The lowest BCUT2D eigenvalue weighted by atomic mass is 10.2. The van der Waals surface area contributed by atoms with Crippen molar-refractivity contribution in [1.29, 1.82) is 0 Å². The molecule has 0 saturated carbocycles. The molecule has 0 aliphatic carbocycles. The average molecular weight is 335 g/mol. The normalized spacial score (nSPS) is 19.4. The van der Waals surface area contributed by atoms with E-state index in [9.17, 15) is 0 Å². The monoisotopic (exact) mass is 334 g/mol. The fraction of sp³-hybridized carbons (Fsp3) is 1.00. The highest BCUT2D eigenvalue weighted by Crippen LogP contribution is 2.22. The molecule has 5 nitrogen and oxygen atoms in total. The largest absolute Gasteiger partial charge is 0.501 e. The molecule has 0 aromatic carbocycles. The summed E-state index contributed by atoms with van der Waals surface area (Å²) >= 11 is 0. The second-order valence-corrected chi connectivity index (χ2v) is 8.43. The van der Waals surface area contributed by atoms with Gasteiger partial charge in [0.05, 0.1) is 13.2 Å². The lowest BCUT2D eigenvalue weighted by Gasteiger charge is -2.31. The quantitative estimate of drug-likeness (QED) is 0.261. The van der Waals surface area contributed by atoms with E-state index >= 15 is 0 Å². The van der Waals surface area contributed by atoms with E-state index in [0.717, 1.165) is 51.5 Å². The van der Waals surface area contributed by atoms with Gasteiger partial charge in [-0.1, -0.05) is 13.3 Å². The first-order valence-corrected chi connectivity index (χ1v) is 10.7. The molecule has 0 aromatic heterocycles. The highest BCUT2D eigenvalue weighted by atomic mass is 28.4. The summed E-state index contributed by atoms with van der Waals surface area (Å²) in [7, 11) is -2.52. The van der Waals surface area contributed by atoms with Crippen LogP contribution in [0.15, 0.2) is 0 Å². The first kappa shape index (κ1) is 20.1. The third-order valence-electron chi connectivity index (χ3n) is 3.55. The highest BCUT2D eigenvalue weighted by molar-refractivity contribution is 6.60. The number of hydrogen-bond acceptors (Lipinski definition) is 5. The number of hydrogen-bond donors (Lipinski definition) is 0. The Morgan fingerprint density at radius 2 is 1.82 bits per heavy atom. The lowest BCUT2D eigenvalue weighted by Crippen LogP contribution is -2.48. The van der Waals surface area contributed by atoms with Crippen molar-refractivity contribution in [3.05, 3.63) is 0 Å². The van der Waals surface area contributed by atoms with Crippen molar-refractivity contribution < 1.29 is 22.8 Å². The minimum Gasteiger partial charge on any atom is -0.379 e. The molecule has 1 saturated heterocycles. The molecule has 0 amide bonds. The van der Waals surface area contributed by atoms with E-state index in [1.807, 2.05) is 13.8 Å². The Hall–Kier alpha value is 0.0169. The van der Waals surface area contributed by atoms with Gasteiger partial charge in [0.1, 0.15) is 6.10 Å². The number of ether oxygens (including phenoxy) is 2. The Kier molecular flexibility index (Phi) is 10.5. The van der Waals surface area contributed by atoms with Crippen molar-refractivity contribution in [2.45, 2.75) is 71.6 Å². The second kappa shape index (κ2) is 11.5. The van der Waals surface area contributed by atoms with Crippen molar-refractivity contribution >= 4 is 8.80 Å². The van der Waals surface area contributed by atoms with Gasteiger partial charge in [0.2, 0.25) is 0 Å². The summed E-state index contributed by atoms with van der Waals surface area (Å²) in [5.41, 5.74) is 0. The molecule has 0 aromatic rings. The molecule has 22 heavy (non-hydrogen) atoms. The van der Waals surface area contributed by atoms with Crippen LogP contribution in [-0.4, -0.2) is 54.0 Å². The number of rotatable bonds is 15. The molecule has 1 aliphatic rings. The first-order valence-electron chi connectivity index (χ1n) is 8.80. The van der Waals surface area contributed by atoms with Gasteiger partial charge in [0.15, 0.2) is 0 Å². The minimum atomic E-state index is -2.52. The zero-order valence-electron chi connectivity index (χ0n) is 14.8. The molecule has 0 radical (unpaired) electrons. The van der Waals surface area contributed by atoms with Crippen LogP contribution in [0.3, 0.4) is 0 Å². The van der Waals surface area contributed by atoms with Crippen molar-refractivity contribution in [1.82, 2.24) is 0 Å². The molecule has 132 valence electrons. The fourth-order valence-electron chi connectivity index (χ4n) is 2.36. The zero-order valence-corrected chi connectivity index (χ0v) is 15.8. The molecule has 1 heterocycles. The molecule has 1 aliphatic heterocycles. The Bertz CT molecular complexity index is 267. The molecule has 0 spiro atoms. The molecule has 0 bridgehead atoms. The lowest BCUT2D eigenvalue weighted by molar-refractivity contribution is 0.0300. The van der Waals surface area contributed by atoms with Crippen molar-refractivity contribution in [2.24, 2.45) is 0 Å². The predicted molar refractivity (Wildman–Crippen MR) is 89.1 cm³/mol. The fourth-order valence-corrected chi connectivity index (χ4v) is 5.39. The summed E-state index contributed by atoms with van der Waals surface area (Å²) in [6.45, 7) is 11.9. The summed E-state index contributed by atoms with van der Waals surface area (Å²) < 4.78 is 28.9. The Morgan fingerprint density at radius 1 is 1.14 bits per heavy atom. The van der Waals surface area contributed by atoms with E-state index < -0.39 is 8.80 Å². The Morgan fingerprint density at radius 3 is 2.36 bits per heavy atom. The smallest absolute Gasteiger partial charge is 0.379 e. The minimum absolute atomic E-state index is 0.141. The highest BCUT2D eigenvalue weighted by Gasteiger charge is 2.41. The predicted octanol–water partition coefficient (Wildman–Crippen LogP) is 3.40. The molecule has 6 heteroatoms. The van der Waals surface area contributed by atoms with E-state index in [-0.39, 0.29) is 6.10 Å². The maximum absolute atomic E-state index is 6.28. The van der Waals surface area contributed by atoms with Gasteiger partial charge in [0.25, 0.3) is 0 Å². The van der Waals surface area contributed by atoms with Crippen LogP contribution in [0.1, 0.15) is 53.4 Å². The van der Waals surface area contributed by atoms with Crippen LogP contribution < -0.4 is 0 Å². The van der Waals surface area contributed by atoms with Gasteiger partial charge in [-0.15, -0.1) is 0 Å². The third kappa shape index (κ3) is 8.60. The topological polar surface area (TPSA) is 49.5 Å². The SMILES string of the molecule is CCCC[Si](OCC)(OCC)OC(C)CCCOCC1CO1. The first-order chi connectivity index (χ1) is 10.7. The van der Waals surface area contributed by atoms with E-state index in [2.05, 4.69) is 13.8 Å². The maximum Gasteiger partial charge on any atom is 0.501 e. The summed E-state index contributed by atoms with van der Waals surface area (Å²) in [6, 6.07) is 0.908. The second-order valence-electron chi connectivity index (χ2n) is 5.75. The van der Waals surface area contributed by atoms with Gasteiger partial charge in [-0.25, -0.2) is 0 Å². The van der Waals surface area contributed by atoms with Gasteiger partial charge in [-0.3, -0.25) is 0 Å². The van der Waals surface area contributed by atoms with Crippen LogP contribution in [0.25, 0.3) is 0 Å². The summed E-state index contributed by atoms with van der Waals surface area (Å²) in [5.74, 6) is 0. The van der Waals surface area contributed by atoms with Crippen LogP contribution in [0.4, 0.5) is 0 Å². The van der Waals surface area contributed by atoms with Gasteiger partial charge < -0.3 is 22.8 Å². The van der Waals surface area contributed by atoms with Gasteiger partial charge in [-0.05, 0) is 40.0 Å². The van der Waals surface area contributed by atoms with Crippen LogP contribution in [-0.2, 0) is 22.8 Å². The van der Waals surface area contributed by atoms with Gasteiger partial charge in [0, 0.05) is 32.0 Å². The molecule has 1 fully saturated rings. The van der Waals surface area contributed by atoms with Crippen molar-refractivity contribution in [3.63, 3.8) is 0 Å². The molecular formula is C16H34O5Si. The Labute approximate surface area is 137 Å². The Balaban J connectivity index is 2.29. The van der Waals surface area contributed by atoms with Crippen LogP contribution >= 0.6 is 0 Å². The number of epoxide rings is 1. The van der Waals surface area contributed by atoms with Gasteiger partial charge in [-0.2, -0.15) is 0 Å². The van der Waals surface area contributed by atoms with E-state index in [4.69, 9.17) is 22.8 Å². The zero-order chi connectivity index (χ0) is 16.3. The summed E-state index contributed by atoms with van der Waals surface area (Å²) in [4.78, 5) is 0. The number of unbranched alkanes of at least 4 members (excludes halogenated alkanes) is 1. The third-order valence-corrected chi connectivity index (χ3v) is 6.74. The van der Waals surface area contributed by atoms with E-state index in [0.29, 0.717) is 19.3 Å². The van der Waals surface area contributed by atoms with Crippen molar-refractivity contribution in [3.8, 4) is 0 Å². The van der Waals surface area contributed by atoms with E-state index in [1.54, 1.807) is 0 Å². The van der Waals surface area contributed by atoms with Crippen LogP contribution in [0.5, 0.6) is 0 Å². The van der Waals surface area contributed by atoms with Crippen LogP contribution in [0, 0.1) is 0 Å². The molecule has 0 N–H and O–H groups in total. The van der Waals surface area contributed by atoms with E-state index in [1.165, 1.54) is 0 Å². The summed E-state index contributed by atoms with van der Waals surface area (Å²) in [5, 5.41) is 0. The van der Waals surface area contributed by atoms with Crippen molar-refractivity contribution in [2.75, 3.05) is 33.0 Å². The maximum atomic E-state index is 6.28. The molecule has 2 unspecified atom stereocenters. The summed E-state index contributed by atoms with van der Waals surface area (Å²) in [6.07, 6.45) is 4.66.